The zero-order chi connectivity index (χ0) is 18.2. The maximum absolute atomic E-state index is 5.45. The molecule has 3 nitrogen and oxygen atoms in total. The number of anilines is 2. The van der Waals surface area contributed by atoms with Crippen LogP contribution >= 0.6 is 11.3 Å². The Kier molecular flexibility index (Phi) is 6.69. The molecule has 0 aliphatic rings. The number of nitrogens with one attached hydrogen (secondary N) is 2. The van der Waals surface area contributed by atoms with Crippen LogP contribution in [-0.2, 0) is 17.7 Å². The Labute approximate surface area is 160 Å². The summed E-state index contributed by atoms with van der Waals surface area (Å²) in [6.45, 7) is 3.60. The molecule has 0 fully saturated rings. The second-order valence-corrected chi connectivity index (χ2v) is 7.30. The second-order valence-electron chi connectivity index (χ2n) is 6.52. The summed E-state index contributed by atoms with van der Waals surface area (Å²) in [6, 6.07) is 19.4. The van der Waals surface area contributed by atoms with Gasteiger partial charge in [-0.15, -0.1) is 0 Å². The van der Waals surface area contributed by atoms with Crippen molar-refractivity contribution in [2.24, 2.45) is 0 Å². The van der Waals surface area contributed by atoms with Gasteiger partial charge in [0.15, 0.2) is 0 Å². The molecular formula is C22H26N2OS. The normalized spacial score (nSPS) is 11.9. The molecule has 0 amide bonds. The van der Waals surface area contributed by atoms with Crippen molar-refractivity contribution in [2.75, 3.05) is 24.4 Å². The third-order valence-corrected chi connectivity index (χ3v) is 5.05. The highest BCUT2D eigenvalue weighted by Gasteiger charge is 2.12. The quantitative estimate of drug-likeness (QED) is 0.536. The number of para-hydroxylation sites is 2. The topological polar surface area (TPSA) is 33.3 Å². The molecule has 0 aliphatic heterocycles. The fourth-order valence-corrected chi connectivity index (χ4v) is 3.60. The molecule has 1 atom stereocenters. The standard InChI is InChI=1S/C22H26N2OS/c1-17-7-9-18(10-8-17)13-20(15-25-2)24-22-6-4-3-5-21(22)23-14-19-11-12-26-16-19/h3-12,16,20,23-24H,13-15H2,1-2H3. The lowest BCUT2D eigenvalue weighted by Crippen LogP contribution is -2.28. The van der Waals surface area contributed by atoms with E-state index in [0.717, 1.165) is 24.3 Å². The number of aryl methyl sites for hydroxylation is 1. The molecule has 136 valence electrons. The third kappa shape index (κ3) is 5.35. The molecule has 2 aromatic carbocycles. The van der Waals surface area contributed by atoms with Crippen LogP contribution in [0.15, 0.2) is 65.4 Å². The predicted octanol–water partition coefficient (Wildman–Crippen LogP) is 5.34. The number of ether oxygens (including phenoxy) is 1. The predicted molar refractivity (Wildman–Crippen MR) is 112 cm³/mol. The Hall–Kier alpha value is -2.30. The van der Waals surface area contributed by atoms with Crippen LogP contribution in [0.5, 0.6) is 0 Å². The highest BCUT2D eigenvalue weighted by molar-refractivity contribution is 7.07. The number of rotatable bonds is 9. The Balaban J connectivity index is 1.68. The van der Waals surface area contributed by atoms with Gasteiger partial charge in [0, 0.05) is 13.7 Å². The zero-order valence-corrected chi connectivity index (χ0v) is 16.2. The molecule has 0 saturated heterocycles. The van der Waals surface area contributed by atoms with Gasteiger partial charge >= 0.3 is 0 Å². The Morgan fingerprint density at radius 2 is 1.73 bits per heavy atom. The van der Waals surface area contributed by atoms with E-state index < -0.39 is 0 Å². The van der Waals surface area contributed by atoms with E-state index in [4.69, 9.17) is 4.74 Å². The van der Waals surface area contributed by atoms with E-state index in [1.807, 2.05) is 0 Å². The lowest BCUT2D eigenvalue weighted by atomic mass is 10.0. The van der Waals surface area contributed by atoms with Crippen LogP contribution in [0.2, 0.25) is 0 Å². The van der Waals surface area contributed by atoms with E-state index in [1.165, 1.54) is 16.7 Å². The number of hydrogen-bond acceptors (Lipinski definition) is 4. The third-order valence-electron chi connectivity index (χ3n) is 4.32. The molecule has 4 heteroatoms. The summed E-state index contributed by atoms with van der Waals surface area (Å²) in [6.07, 6.45) is 0.924. The monoisotopic (exact) mass is 366 g/mol. The summed E-state index contributed by atoms with van der Waals surface area (Å²) in [5.41, 5.74) is 6.13. The minimum Gasteiger partial charge on any atom is -0.383 e. The number of thiophene rings is 1. The maximum atomic E-state index is 5.45. The van der Waals surface area contributed by atoms with Gasteiger partial charge in [0.25, 0.3) is 0 Å². The Morgan fingerprint density at radius 3 is 2.42 bits per heavy atom. The highest BCUT2D eigenvalue weighted by atomic mass is 32.1. The largest absolute Gasteiger partial charge is 0.383 e. The van der Waals surface area contributed by atoms with Gasteiger partial charge in [-0.2, -0.15) is 11.3 Å². The first-order valence-electron chi connectivity index (χ1n) is 8.89. The van der Waals surface area contributed by atoms with E-state index in [2.05, 4.69) is 82.9 Å². The van der Waals surface area contributed by atoms with Crippen molar-refractivity contribution < 1.29 is 4.74 Å². The van der Waals surface area contributed by atoms with Crippen molar-refractivity contribution in [3.05, 3.63) is 82.0 Å². The molecule has 0 spiro atoms. The summed E-state index contributed by atoms with van der Waals surface area (Å²) in [7, 11) is 1.75. The first-order chi connectivity index (χ1) is 12.7. The van der Waals surface area contributed by atoms with Crippen molar-refractivity contribution in [1.82, 2.24) is 0 Å². The van der Waals surface area contributed by atoms with Crippen LogP contribution in [0.3, 0.4) is 0 Å². The van der Waals surface area contributed by atoms with E-state index in [0.29, 0.717) is 6.61 Å². The SMILES string of the molecule is COCC(Cc1ccc(C)cc1)Nc1ccccc1NCc1ccsc1. The molecule has 0 saturated carbocycles. The maximum Gasteiger partial charge on any atom is 0.0667 e. The molecule has 0 aliphatic carbocycles. The van der Waals surface area contributed by atoms with Crippen molar-refractivity contribution in [3.8, 4) is 0 Å². The fourth-order valence-electron chi connectivity index (χ4n) is 2.94. The van der Waals surface area contributed by atoms with Crippen molar-refractivity contribution in [3.63, 3.8) is 0 Å². The average molecular weight is 367 g/mol. The lowest BCUT2D eigenvalue weighted by Gasteiger charge is -2.22. The van der Waals surface area contributed by atoms with Crippen LogP contribution in [-0.4, -0.2) is 19.8 Å². The Bertz CT molecular complexity index is 784. The first-order valence-corrected chi connectivity index (χ1v) is 9.84. The van der Waals surface area contributed by atoms with Gasteiger partial charge in [-0.3, -0.25) is 0 Å². The van der Waals surface area contributed by atoms with Gasteiger partial charge < -0.3 is 15.4 Å². The van der Waals surface area contributed by atoms with Crippen LogP contribution in [0.4, 0.5) is 11.4 Å². The minimum absolute atomic E-state index is 0.215. The van der Waals surface area contributed by atoms with Gasteiger partial charge in [0.05, 0.1) is 24.0 Å². The first kappa shape index (κ1) is 18.5. The molecule has 1 aromatic heterocycles. The molecule has 3 aromatic rings. The van der Waals surface area contributed by atoms with Gasteiger partial charge in [-0.05, 0) is 53.4 Å². The van der Waals surface area contributed by atoms with Crippen LogP contribution < -0.4 is 10.6 Å². The number of benzene rings is 2. The smallest absolute Gasteiger partial charge is 0.0667 e. The molecule has 0 bridgehead atoms. The lowest BCUT2D eigenvalue weighted by molar-refractivity contribution is 0.185. The fraction of sp³-hybridized carbons (Fsp3) is 0.273. The summed E-state index contributed by atoms with van der Waals surface area (Å²) in [4.78, 5) is 0. The molecule has 0 radical (unpaired) electrons. The molecule has 2 N–H and O–H groups in total. The summed E-state index contributed by atoms with van der Waals surface area (Å²) < 4.78 is 5.45. The minimum atomic E-state index is 0.215. The van der Waals surface area contributed by atoms with Gasteiger partial charge in [0.2, 0.25) is 0 Å². The van der Waals surface area contributed by atoms with Crippen molar-refractivity contribution in [2.45, 2.75) is 25.9 Å². The number of methoxy groups -OCH3 is 1. The summed E-state index contributed by atoms with van der Waals surface area (Å²) >= 11 is 1.73. The molecule has 26 heavy (non-hydrogen) atoms. The summed E-state index contributed by atoms with van der Waals surface area (Å²) in [5, 5.41) is 11.5. The van der Waals surface area contributed by atoms with Gasteiger partial charge in [-0.25, -0.2) is 0 Å². The van der Waals surface area contributed by atoms with E-state index in [1.54, 1.807) is 18.4 Å². The number of hydrogen-bond donors (Lipinski definition) is 2. The van der Waals surface area contributed by atoms with Crippen molar-refractivity contribution in [1.29, 1.82) is 0 Å². The van der Waals surface area contributed by atoms with Crippen LogP contribution in [0.25, 0.3) is 0 Å². The van der Waals surface area contributed by atoms with E-state index >= 15 is 0 Å². The Morgan fingerprint density at radius 1 is 0.962 bits per heavy atom. The van der Waals surface area contributed by atoms with Gasteiger partial charge in [0.1, 0.15) is 0 Å². The van der Waals surface area contributed by atoms with Crippen LogP contribution in [0.1, 0.15) is 16.7 Å². The summed E-state index contributed by atoms with van der Waals surface area (Å²) in [5.74, 6) is 0. The second kappa shape index (κ2) is 9.41. The van der Waals surface area contributed by atoms with E-state index in [9.17, 15) is 0 Å². The average Bonchev–Trinajstić information content (AvgIpc) is 3.17. The van der Waals surface area contributed by atoms with E-state index in [-0.39, 0.29) is 6.04 Å². The zero-order valence-electron chi connectivity index (χ0n) is 15.4. The molecular weight excluding hydrogens is 340 g/mol. The molecule has 1 unspecified atom stereocenters. The van der Waals surface area contributed by atoms with Gasteiger partial charge in [-0.1, -0.05) is 42.0 Å². The van der Waals surface area contributed by atoms with Crippen molar-refractivity contribution >= 4 is 22.7 Å². The molecule has 1 heterocycles. The van der Waals surface area contributed by atoms with Crippen LogP contribution in [0, 0.1) is 6.92 Å². The highest BCUT2D eigenvalue weighted by Crippen LogP contribution is 2.24. The molecule has 3 rings (SSSR count).